The van der Waals surface area contributed by atoms with Gasteiger partial charge in [-0.1, -0.05) is 12.5 Å². The molecule has 0 atom stereocenters. The van der Waals surface area contributed by atoms with Crippen LogP contribution < -0.4 is 10.6 Å². The van der Waals surface area contributed by atoms with Crippen molar-refractivity contribution < 1.29 is 32.3 Å². The van der Waals surface area contributed by atoms with Gasteiger partial charge in [-0.25, -0.2) is 18.0 Å². The molecule has 1 aliphatic heterocycles. The fourth-order valence-electron chi connectivity index (χ4n) is 2.73. The largest absolute Gasteiger partial charge is 0.452 e. The summed E-state index contributed by atoms with van der Waals surface area (Å²) in [7, 11) is -2.22. The van der Waals surface area contributed by atoms with Gasteiger partial charge in [0, 0.05) is 26.7 Å². The summed E-state index contributed by atoms with van der Waals surface area (Å²) >= 11 is 0. The number of hydrogen-bond donors (Lipinski definition) is 2. The monoisotopic (exact) mass is 427 g/mol. The Hall–Kier alpha value is -2.50. The zero-order valence-electron chi connectivity index (χ0n) is 16.2. The molecule has 160 valence electrons. The van der Waals surface area contributed by atoms with Gasteiger partial charge in [0.05, 0.1) is 17.1 Å². The molecule has 0 unspecified atom stereocenters. The summed E-state index contributed by atoms with van der Waals surface area (Å²) in [6.07, 6.45) is 2.59. The number of sulfonamides is 1. The molecule has 11 heteroatoms. The highest BCUT2D eigenvalue weighted by molar-refractivity contribution is 7.89. The van der Waals surface area contributed by atoms with Crippen LogP contribution in [-0.4, -0.2) is 70.6 Å². The number of nitrogens with one attached hydrogen (secondary N) is 2. The highest BCUT2D eigenvalue weighted by Gasteiger charge is 2.26. The van der Waals surface area contributed by atoms with Crippen molar-refractivity contribution in [2.75, 3.05) is 40.0 Å². The molecular weight excluding hydrogens is 402 g/mol. The van der Waals surface area contributed by atoms with Crippen LogP contribution in [0.5, 0.6) is 0 Å². The average Bonchev–Trinajstić information content (AvgIpc) is 2.73. The van der Waals surface area contributed by atoms with Crippen LogP contribution in [0, 0.1) is 0 Å². The van der Waals surface area contributed by atoms with Gasteiger partial charge in [0.25, 0.3) is 5.91 Å². The lowest BCUT2D eigenvalue weighted by Gasteiger charge is -2.25. The van der Waals surface area contributed by atoms with Gasteiger partial charge >= 0.3 is 12.0 Å². The predicted octanol–water partition coefficient (Wildman–Crippen LogP) is 0.490. The third-order valence-electron chi connectivity index (χ3n) is 4.20. The van der Waals surface area contributed by atoms with E-state index < -0.39 is 34.5 Å². The molecule has 0 spiro atoms. The zero-order valence-corrected chi connectivity index (χ0v) is 17.0. The summed E-state index contributed by atoms with van der Waals surface area (Å²) in [4.78, 5) is 35.3. The average molecular weight is 427 g/mol. The second kappa shape index (κ2) is 10.9. The number of methoxy groups -OCH3 is 1. The van der Waals surface area contributed by atoms with Crippen LogP contribution in [0.3, 0.4) is 0 Å². The van der Waals surface area contributed by atoms with Gasteiger partial charge < -0.3 is 14.8 Å². The van der Waals surface area contributed by atoms with E-state index in [-0.39, 0.29) is 23.6 Å². The van der Waals surface area contributed by atoms with Crippen molar-refractivity contribution in [2.24, 2.45) is 0 Å². The predicted molar refractivity (Wildman–Crippen MR) is 103 cm³/mol. The molecule has 1 aromatic rings. The van der Waals surface area contributed by atoms with Gasteiger partial charge in [0.2, 0.25) is 10.0 Å². The number of benzene rings is 1. The molecule has 0 radical (unpaired) electrons. The molecule has 0 bridgehead atoms. The molecule has 0 aromatic heterocycles. The summed E-state index contributed by atoms with van der Waals surface area (Å²) in [6.45, 7) is 0.716. The van der Waals surface area contributed by atoms with E-state index in [9.17, 15) is 22.8 Å². The Morgan fingerprint density at radius 2 is 1.86 bits per heavy atom. The first-order valence-corrected chi connectivity index (χ1v) is 10.6. The second-order valence-corrected chi connectivity index (χ2v) is 8.30. The second-order valence-electron chi connectivity index (χ2n) is 6.37. The van der Waals surface area contributed by atoms with E-state index in [4.69, 9.17) is 9.47 Å². The number of esters is 1. The highest BCUT2D eigenvalue weighted by Crippen LogP contribution is 2.21. The minimum atomic E-state index is -3.69. The normalized spacial score (nSPS) is 14.8. The third kappa shape index (κ3) is 6.80. The number of amides is 3. The van der Waals surface area contributed by atoms with E-state index in [0.29, 0.717) is 13.1 Å². The van der Waals surface area contributed by atoms with Crippen LogP contribution in [0.15, 0.2) is 29.2 Å². The van der Waals surface area contributed by atoms with E-state index in [1.165, 1.54) is 35.7 Å². The Balaban J connectivity index is 1.92. The number of carbonyl (C=O) groups excluding carboxylic acids is 3. The molecule has 29 heavy (non-hydrogen) atoms. The Bertz CT molecular complexity index is 836. The third-order valence-corrected chi connectivity index (χ3v) is 6.10. The maximum Gasteiger partial charge on any atom is 0.338 e. The maximum absolute atomic E-state index is 12.7. The number of urea groups is 1. The molecule has 0 saturated carbocycles. The van der Waals surface area contributed by atoms with Crippen LogP contribution in [-0.2, 0) is 24.3 Å². The van der Waals surface area contributed by atoms with Crippen molar-refractivity contribution in [1.29, 1.82) is 0 Å². The van der Waals surface area contributed by atoms with E-state index >= 15 is 0 Å². The smallest absolute Gasteiger partial charge is 0.338 e. The first kappa shape index (κ1) is 22.8. The summed E-state index contributed by atoms with van der Waals surface area (Å²) in [5, 5.41) is 4.38. The SMILES string of the molecule is COCCNC(=O)NC(=O)COC(=O)c1cccc(S(=O)(=O)N2CCCCC2)c1. The Labute approximate surface area is 169 Å². The van der Waals surface area contributed by atoms with Crippen LogP contribution >= 0.6 is 0 Å². The first-order chi connectivity index (χ1) is 13.8. The number of nitrogens with zero attached hydrogens (tertiary/aromatic N) is 1. The number of ether oxygens (including phenoxy) is 2. The Kier molecular flexibility index (Phi) is 8.55. The van der Waals surface area contributed by atoms with Crippen LogP contribution in [0.4, 0.5) is 4.79 Å². The van der Waals surface area contributed by atoms with Crippen molar-refractivity contribution in [3.05, 3.63) is 29.8 Å². The lowest BCUT2D eigenvalue weighted by atomic mass is 10.2. The lowest BCUT2D eigenvalue weighted by molar-refractivity contribution is -0.123. The molecule has 3 amide bonds. The molecule has 1 aromatic carbocycles. The van der Waals surface area contributed by atoms with E-state index in [2.05, 4.69) is 5.32 Å². The summed E-state index contributed by atoms with van der Waals surface area (Å²) in [5.74, 6) is -1.68. The number of imide groups is 1. The fourth-order valence-corrected chi connectivity index (χ4v) is 4.29. The molecule has 1 fully saturated rings. The van der Waals surface area contributed by atoms with Crippen LogP contribution in [0.1, 0.15) is 29.6 Å². The number of hydrogen-bond acceptors (Lipinski definition) is 7. The van der Waals surface area contributed by atoms with Gasteiger partial charge in [0.1, 0.15) is 0 Å². The number of carbonyl (C=O) groups is 3. The lowest BCUT2D eigenvalue weighted by Crippen LogP contribution is -2.42. The minimum absolute atomic E-state index is 0.000399. The summed E-state index contributed by atoms with van der Waals surface area (Å²) in [5.41, 5.74) is 0.000399. The van der Waals surface area contributed by atoms with Crippen molar-refractivity contribution >= 4 is 27.9 Å². The standard InChI is InChI=1S/C18H25N3O7S/c1-27-11-8-19-18(24)20-16(22)13-28-17(23)14-6-5-7-15(12-14)29(25,26)21-9-3-2-4-10-21/h5-7,12H,2-4,8-11,13H2,1H3,(H2,19,20,22,24). The minimum Gasteiger partial charge on any atom is -0.452 e. The fraction of sp³-hybridized carbons (Fsp3) is 0.500. The summed E-state index contributed by atoms with van der Waals surface area (Å²) in [6, 6.07) is 4.74. The molecule has 1 heterocycles. The topological polar surface area (TPSA) is 131 Å². The number of rotatable bonds is 8. The van der Waals surface area contributed by atoms with Crippen molar-refractivity contribution in [1.82, 2.24) is 14.9 Å². The van der Waals surface area contributed by atoms with Gasteiger partial charge in [-0.3, -0.25) is 10.1 Å². The Morgan fingerprint density at radius 3 is 2.55 bits per heavy atom. The van der Waals surface area contributed by atoms with Crippen molar-refractivity contribution in [3.63, 3.8) is 0 Å². The van der Waals surface area contributed by atoms with E-state index in [1.807, 2.05) is 5.32 Å². The van der Waals surface area contributed by atoms with Crippen LogP contribution in [0.25, 0.3) is 0 Å². The molecule has 2 rings (SSSR count). The zero-order chi connectivity index (χ0) is 21.3. The molecule has 10 nitrogen and oxygen atoms in total. The molecule has 1 saturated heterocycles. The van der Waals surface area contributed by atoms with Gasteiger partial charge in [-0.15, -0.1) is 0 Å². The van der Waals surface area contributed by atoms with E-state index in [1.54, 1.807) is 0 Å². The quantitative estimate of drug-likeness (QED) is 0.456. The molecule has 1 aliphatic rings. The van der Waals surface area contributed by atoms with Gasteiger partial charge in [-0.05, 0) is 31.0 Å². The first-order valence-electron chi connectivity index (χ1n) is 9.18. The van der Waals surface area contributed by atoms with E-state index in [0.717, 1.165) is 19.3 Å². The molecule has 0 aliphatic carbocycles. The molecule has 2 N–H and O–H groups in total. The highest BCUT2D eigenvalue weighted by atomic mass is 32.2. The van der Waals surface area contributed by atoms with Crippen LogP contribution in [0.2, 0.25) is 0 Å². The van der Waals surface area contributed by atoms with Gasteiger partial charge in [0.15, 0.2) is 6.61 Å². The summed E-state index contributed by atoms with van der Waals surface area (Å²) < 4.78 is 36.4. The molecular formula is C18H25N3O7S. The van der Waals surface area contributed by atoms with Gasteiger partial charge in [-0.2, -0.15) is 4.31 Å². The maximum atomic E-state index is 12.7. The number of piperidine rings is 1. The Morgan fingerprint density at radius 1 is 1.14 bits per heavy atom. The van der Waals surface area contributed by atoms with Crippen molar-refractivity contribution in [2.45, 2.75) is 24.2 Å². The van der Waals surface area contributed by atoms with Crippen molar-refractivity contribution in [3.8, 4) is 0 Å².